The number of benzene rings is 1. The van der Waals surface area contributed by atoms with Crippen LogP contribution in [0.3, 0.4) is 0 Å². The molecule has 2 aliphatic heterocycles. The third-order valence-corrected chi connectivity index (χ3v) is 3.45. The number of hydrogen-bond acceptors (Lipinski definition) is 2. The van der Waals surface area contributed by atoms with Crippen LogP contribution >= 0.6 is 11.6 Å². The molecule has 0 aromatic heterocycles. The second-order valence-electron chi connectivity index (χ2n) is 4.04. The topological polar surface area (TPSA) is 6.02 Å². The van der Waals surface area contributed by atoms with Gasteiger partial charge in [0.05, 0.1) is 0 Å². The fourth-order valence-corrected chi connectivity index (χ4v) is 2.61. The molecule has 4 heteroatoms. The molecule has 0 N–H and O–H groups in total. The first kappa shape index (κ1) is 9.58. The van der Waals surface area contributed by atoms with Gasteiger partial charge in [-0.25, -0.2) is 14.4 Å². The summed E-state index contributed by atoms with van der Waals surface area (Å²) in [6.07, 6.45) is 2.47. The third-order valence-electron chi connectivity index (χ3n) is 3.12. The van der Waals surface area contributed by atoms with Gasteiger partial charge in [-0.1, -0.05) is 17.7 Å². The number of nitrogens with zero attached hydrogens (tertiary/aromatic N) is 2. The van der Waals surface area contributed by atoms with E-state index in [1.54, 1.807) is 12.1 Å². The van der Waals surface area contributed by atoms with Crippen LogP contribution in [0.2, 0.25) is 5.02 Å². The Morgan fingerprint density at radius 1 is 1.20 bits per heavy atom. The summed E-state index contributed by atoms with van der Waals surface area (Å²) >= 11 is 6.04. The fraction of sp³-hybridized carbons (Fsp3) is 0.455. The second kappa shape index (κ2) is 3.44. The standard InChI is InChI=1S/C11H12ClFN2/c12-8-4-3-5-9(13)10(8)11-14-6-1-2-7-15(11)14/h3-5,11H,1-2,6-7H2. The van der Waals surface area contributed by atoms with Gasteiger partial charge in [0.15, 0.2) is 0 Å². The van der Waals surface area contributed by atoms with E-state index in [2.05, 4.69) is 10.0 Å². The second-order valence-corrected chi connectivity index (χ2v) is 4.45. The Labute approximate surface area is 93.2 Å². The van der Waals surface area contributed by atoms with Crippen LogP contribution in [0.4, 0.5) is 4.39 Å². The van der Waals surface area contributed by atoms with Gasteiger partial charge in [-0.15, -0.1) is 0 Å². The van der Waals surface area contributed by atoms with Gasteiger partial charge in [-0.2, -0.15) is 0 Å². The van der Waals surface area contributed by atoms with Gasteiger partial charge in [0.25, 0.3) is 0 Å². The summed E-state index contributed by atoms with van der Waals surface area (Å²) in [5.41, 5.74) is 0.640. The summed E-state index contributed by atoms with van der Waals surface area (Å²) in [6.45, 7) is 2.05. The van der Waals surface area contributed by atoms with Crippen LogP contribution in [-0.2, 0) is 0 Å². The molecule has 0 amide bonds. The Kier molecular flexibility index (Phi) is 2.20. The van der Waals surface area contributed by atoms with Crippen LogP contribution in [0.1, 0.15) is 24.6 Å². The maximum absolute atomic E-state index is 13.6. The molecule has 2 atom stereocenters. The normalized spacial score (nSPS) is 33.6. The van der Waals surface area contributed by atoms with Crippen LogP contribution in [0.25, 0.3) is 0 Å². The first-order valence-corrected chi connectivity index (χ1v) is 5.64. The van der Waals surface area contributed by atoms with E-state index in [-0.39, 0.29) is 12.0 Å². The van der Waals surface area contributed by atoms with Crippen LogP contribution in [0, 0.1) is 5.82 Å². The number of fused-ring (bicyclic) bond motifs is 1. The van der Waals surface area contributed by atoms with Crippen LogP contribution in [0.15, 0.2) is 18.2 Å². The van der Waals surface area contributed by atoms with Crippen LogP contribution in [0.5, 0.6) is 0 Å². The predicted molar refractivity (Wildman–Crippen MR) is 56.8 cm³/mol. The van der Waals surface area contributed by atoms with Gasteiger partial charge >= 0.3 is 0 Å². The van der Waals surface area contributed by atoms with Gasteiger partial charge in [0.2, 0.25) is 0 Å². The van der Waals surface area contributed by atoms with E-state index in [9.17, 15) is 4.39 Å². The molecule has 0 bridgehead atoms. The quantitative estimate of drug-likeness (QED) is 0.680. The SMILES string of the molecule is Fc1cccc(Cl)c1C1N2CCCCN12. The highest BCUT2D eigenvalue weighted by atomic mass is 35.5. The molecule has 2 heterocycles. The molecule has 3 rings (SSSR count). The Morgan fingerprint density at radius 3 is 2.47 bits per heavy atom. The van der Waals surface area contributed by atoms with Crippen LogP contribution in [-0.4, -0.2) is 23.1 Å². The number of hydrogen-bond donors (Lipinski definition) is 0. The lowest BCUT2D eigenvalue weighted by Gasteiger charge is -2.09. The highest BCUT2D eigenvalue weighted by Gasteiger charge is 2.49. The maximum Gasteiger partial charge on any atom is 0.130 e. The molecule has 15 heavy (non-hydrogen) atoms. The van der Waals surface area contributed by atoms with Crippen molar-refractivity contribution in [2.45, 2.75) is 19.0 Å². The van der Waals surface area contributed by atoms with Gasteiger partial charge in [-0.3, -0.25) is 0 Å². The van der Waals surface area contributed by atoms with Crippen molar-refractivity contribution in [3.63, 3.8) is 0 Å². The van der Waals surface area contributed by atoms with Gasteiger partial charge in [0.1, 0.15) is 12.0 Å². The average molecular weight is 227 g/mol. The first-order valence-electron chi connectivity index (χ1n) is 5.26. The van der Waals surface area contributed by atoms with Gasteiger partial charge < -0.3 is 0 Å². The molecule has 0 spiro atoms. The smallest absolute Gasteiger partial charge is 0.130 e. The molecular formula is C11H12ClFN2. The molecule has 1 aromatic carbocycles. The Balaban J connectivity index is 1.94. The molecular weight excluding hydrogens is 215 g/mol. The van der Waals surface area contributed by atoms with Crippen LogP contribution < -0.4 is 0 Å². The number of halogens is 2. The van der Waals surface area contributed by atoms with Crippen molar-refractivity contribution in [1.29, 1.82) is 0 Å². The van der Waals surface area contributed by atoms with E-state index in [0.29, 0.717) is 10.6 Å². The van der Waals surface area contributed by atoms with Crippen molar-refractivity contribution in [2.24, 2.45) is 0 Å². The Bertz CT molecular complexity index is 364. The van der Waals surface area contributed by atoms with Crippen molar-refractivity contribution in [3.8, 4) is 0 Å². The average Bonchev–Trinajstić information content (AvgIpc) is 2.93. The van der Waals surface area contributed by atoms with E-state index in [0.717, 1.165) is 13.1 Å². The van der Waals surface area contributed by atoms with Crippen molar-refractivity contribution >= 4 is 11.6 Å². The third kappa shape index (κ3) is 1.46. The Hall–Kier alpha value is -0.640. The lowest BCUT2D eigenvalue weighted by atomic mass is 10.2. The minimum atomic E-state index is -0.193. The first-order chi connectivity index (χ1) is 7.29. The van der Waals surface area contributed by atoms with E-state index < -0.39 is 0 Å². The zero-order chi connectivity index (χ0) is 10.4. The molecule has 2 saturated heterocycles. The summed E-state index contributed by atoms with van der Waals surface area (Å²) in [6, 6.07) is 4.89. The maximum atomic E-state index is 13.6. The molecule has 0 aliphatic carbocycles. The van der Waals surface area contributed by atoms with Crippen molar-refractivity contribution in [3.05, 3.63) is 34.6 Å². The van der Waals surface area contributed by atoms with E-state index >= 15 is 0 Å². The van der Waals surface area contributed by atoms with E-state index in [4.69, 9.17) is 11.6 Å². The Morgan fingerprint density at radius 2 is 1.87 bits per heavy atom. The van der Waals surface area contributed by atoms with Crippen molar-refractivity contribution in [2.75, 3.05) is 13.1 Å². The molecule has 80 valence electrons. The predicted octanol–water partition coefficient (Wildman–Crippen LogP) is 2.80. The summed E-state index contributed by atoms with van der Waals surface area (Å²) in [4.78, 5) is 0. The monoisotopic (exact) mass is 226 g/mol. The van der Waals surface area contributed by atoms with Crippen molar-refractivity contribution in [1.82, 2.24) is 10.0 Å². The molecule has 2 fully saturated rings. The van der Waals surface area contributed by atoms with Gasteiger partial charge in [-0.05, 0) is 25.0 Å². The molecule has 2 nitrogen and oxygen atoms in total. The van der Waals surface area contributed by atoms with E-state index in [1.165, 1.54) is 18.9 Å². The summed E-state index contributed by atoms with van der Waals surface area (Å²) < 4.78 is 13.6. The lowest BCUT2D eigenvalue weighted by Crippen LogP contribution is -2.16. The largest absolute Gasteiger partial charge is 0.217 e. The molecule has 0 saturated carbocycles. The number of hydrazine groups is 1. The minimum absolute atomic E-state index is 0.0844. The van der Waals surface area contributed by atoms with Crippen molar-refractivity contribution < 1.29 is 4.39 Å². The zero-order valence-electron chi connectivity index (χ0n) is 8.29. The highest BCUT2D eigenvalue weighted by Crippen LogP contribution is 2.46. The molecule has 2 unspecified atom stereocenters. The summed E-state index contributed by atoms with van der Waals surface area (Å²) in [7, 11) is 0. The van der Waals surface area contributed by atoms with Gasteiger partial charge in [0, 0.05) is 23.7 Å². The molecule has 1 aromatic rings. The highest BCUT2D eigenvalue weighted by molar-refractivity contribution is 6.31. The summed E-state index contributed by atoms with van der Waals surface area (Å²) in [5.74, 6) is -0.193. The fourth-order valence-electron chi connectivity index (χ4n) is 2.35. The van der Waals surface area contributed by atoms with E-state index in [1.807, 2.05) is 0 Å². The zero-order valence-corrected chi connectivity index (χ0v) is 9.04. The molecule has 2 aliphatic rings. The minimum Gasteiger partial charge on any atom is -0.217 e. The number of rotatable bonds is 1. The molecule has 0 radical (unpaired) electrons. The lowest BCUT2D eigenvalue weighted by molar-refractivity contribution is 0.252. The summed E-state index contributed by atoms with van der Waals surface area (Å²) in [5, 5.41) is 4.91.